The summed E-state index contributed by atoms with van der Waals surface area (Å²) >= 11 is 6.00. The highest BCUT2D eigenvalue weighted by molar-refractivity contribution is 7.90. The number of amides is 2. The molecule has 1 fully saturated rings. The van der Waals surface area contributed by atoms with Crippen LogP contribution in [-0.2, 0) is 10.0 Å². The SMILES string of the molecule is O=C(NS(=O)(=O)c1ccccc1Cl)N1N=C2CCCCC2C1c1ccccc1. The zero-order valence-electron chi connectivity index (χ0n) is 15.1. The first-order valence-corrected chi connectivity index (χ1v) is 11.1. The monoisotopic (exact) mass is 417 g/mol. The van der Waals surface area contributed by atoms with Crippen LogP contribution in [0.1, 0.15) is 37.3 Å². The number of urea groups is 1. The third-order valence-electron chi connectivity index (χ3n) is 5.20. The first-order valence-electron chi connectivity index (χ1n) is 9.20. The van der Waals surface area contributed by atoms with Crippen molar-refractivity contribution in [2.75, 3.05) is 0 Å². The zero-order valence-corrected chi connectivity index (χ0v) is 16.7. The summed E-state index contributed by atoms with van der Waals surface area (Å²) in [6, 6.07) is 14.6. The van der Waals surface area contributed by atoms with Crippen LogP contribution in [0.2, 0.25) is 5.02 Å². The Morgan fingerprint density at radius 1 is 1.07 bits per heavy atom. The highest BCUT2D eigenvalue weighted by atomic mass is 35.5. The van der Waals surface area contributed by atoms with Crippen molar-refractivity contribution in [3.8, 4) is 0 Å². The molecule has 0 saturated heterocycles. The summed E-state index contributed by atoms with van der Waals surface area (Å²) in [6.45, 7) is 0. The molecule has 2 aromatic rings. The van der Waals surface area contributed by atoms with Gasteiger partial charge in [-0.05, 0) is 37.0 Å². The van der Waals surface area contributed by atoms with E-state index in [1.54, 1.807) is 12.1 Å². The lowest BCUT2D eigenvalue weighted by atomic mass is 9.80. The summed E-state index contributed by atoms with van der Waals surface area (Å²) in [6.07, 6.45) is 3.86. The lowest BCUT2D eigenvalue weighted by molar-refractivity contribution is 0.180. The predicted molar refractivity (Wildman–Crippen MR) is 108 cm³/mol. The number of fused-ring (bicyclic) bond motifs is 1. The molecule has 8 heteroatoms. The van der Waals surface area contributed by atoms with Crippen LogP contribution in [0.15, 0.2) is 64.6 Å². The third kappa shape index (κ3) is 3.52. The lowest BCUT2D eigenvalue weighted by Gasteiger charge is -2.28. The Morgan fingerprint density at radius 3 is 2.54 bits per heavy atom. The van der Waals surface area contributed by atoms with Gasteiger partial charge in [0, 0.05) is 11.6 Å². The highest BCUT2D eigenvalue weighted by Gasteiger charge is 2.43. The molecule has 1 aliphatic carbocycles. The van der Waals surface area contributed by atoms with Crippen LogP contribution in [0.5, 0.6) is 0 Å². The van der Waals surface area contributed by atoms with Gasteiger partial charge in [0.25, 0.3) is 10.0 Å². The maximum Gasteiger partial charge on any atom is 0.352 e. The van der Waals surface area contributed by atoms with Crippen LogP contribution in [-0.4, -0.2) is 25.2 Å². The average molecular weight is 418 g/mol. The van der Waals surface area contributed by atoms with Crippen molar-refractivity contribution in [3.63, 3.8) is 0 Å². The van der Waals surface area contributed by atoms with Gasteiger partial charge in [-0.2, -0.15) is 5.10 Å². The maximum atomic E-state index is 13.0. The molecule has 2 unspecified atom stereocenters. The summed E-state index contributed by atoms with van der Waals surface area (Å²) < 4.78 is 27.5. The van der Waals surface area contributed by atoms with Crippen molar-refractivity contribution in [1.29, 1.82) is 0 Å². The summed E-state index contributed by atoms with van der Waals surface area (Å²) in [5.74, 6) is 0.116. The average Bonchev–Trinajstić information content (AvgIpc) is 3.08. The van der Waals surface area contributed by atoms with Crippen molar-refractivity contribution >= 4 is 33.4 Å². The molecule has 0 aromatic heterocycles. The molecule has 0 spiro atoms. The van der Waals surface area contributed by atoms with Gasteiger partial charge in [0.15, 0.2) is 0 Å². The van der Waals surface area contributed by atoms with Crippen molar-refractivity contribution in [1.82, 2.24) is 9.73 Å². The molecular formula is C20H20ClN3O3S. The number of benzene rings is 2. The van der Waals surface area contributed by atoms with Gasteiger partial charge in [-0.25, -0.2) is 22.9 Å². The number of rotatable bonds is 3. The first kappa shape index (κ1) is 19.0. The summed E-state index contributed by atoms with van der Waals surface area (Å²) in [7, 11) is -4.11. The second-order valence-electron chi connectivity index (χ2n) is 6.98. The normalized spacial score (nSPS) is 21.8. The molecule has 2 aromatic carbocycles. The quantitative estimate of drug-likeness (QED) is 0.806. The fraction of sp³-hybridized carbons (Fsp3) is 0.300. The minimum absolute atomic E-state index is 0.0591. The van der Waals surface area contributed by atoms with Crippen LogP contribution in [0.25, 0.3) is 0 Å². The maximum absolute atomic E-state index is 13.0. The van der Waals surface area contributed by atoms with E-state index in [2.05, 4.69) is 9.82 Å². The number of nitrogens with zero attached hydrogens (tertiary/aromatic N) is 2. The Bertz CT molecular complexity index is 1020. The Labute approximate surface area is 169 Å². The van der Waals surface area contributed by atoms with E-state index < -0.39 is 16.1 Å². The van der Waals surface area contributed by atoms with E-state index in [1.165, 1.54) is 17.1 Å². The number of hydrogen-bond donors (Lipinski definition) is 1. The van der Waals surface area contributed by atoms with Crippen LogP contribution < -0.4 is 4.72 Å². The smallest absolute Gasteiger partial charge is 0.245 e. The van der Waals surface area contributed by atoms with Crippen molar-refractivity contribution < 1.29 is 13.2 Å². The van der Waals surface area contributed by atoms with Crippen LogP contribution >= 0.6 is 11.6 Å². The van der Waals surface area contributed by atoms with Gasteiger partial charge in [0.05, 0.1) is 11.1 Å². The molecular weight excluding hydrogens is 398 g/mol. The van der Waals surface area contributed by atoms with E-state index in [0.717, 1.165) is 37.0 Å². The zero-order chi connectivity index (χ0) is 19.7. The Morgan fingerprint density at radius 2 is 1.79 bits per heavy atom. The first-order chi connectivity index (χ1) is 13.5. The van der Waals surface area contributed by atoms with Gasteiger partial charge in [0.1, 0.15) is 4.90 Å². The molecule has 6 nitrogen and oxygen atoms in total. The Kier molecular flexibility index (Phi) is 5.12. The molecule has 0 bridgehead atoms. The van der Waals surface area contributed by atoms with Gasteiger partial charge in [0.2, 0.25) is 0 Å². The van der Waals surface area contributed by atoms with Crippen LogP contribution in [0.4, 0.5) is 4.79 Å². The summed E-state index contributed by atoms with van der Waals surface area (Å²) in [4.78, 5) is 12.8. The van der Waals surface area contributed by atoms with E-state index in [4.69, 9.17) is 11.6 Å². The second-order valence-corrected chi connectivity index (χ2v) is 9.04. The van der Waals surface area contributed by atoms with E-state index in [0.29, 0.717) is 0 Å². The molecule has 2 amide bonds. The second kappa shape index (κ2) is 7.56. The van der Waals surface area contributed by atoms with Crippen molar-refractivity contribution in [3.05, 3.63) is 65.2 Å². The number of sulfonamides is 1. The van der Waals surface area contributed by atoms with Crippen molar-refractivity contribution in [2.24, 2.45) is 11.0 Å². The van der Waals surface area contributed by atoms with Crippen molar-refractivity contribution in [2.45, 2.75) is 36.6 Å². The molecule has 1 saturated carbocycles. The Balaban J connectivity index is 1.65. The number of hydrogen-bond acceptors (Lipinski definition) is 4. The molecule has 28 heavy (non-hydrogen) atoms. The molecule has 4 rings (SSSR count). The van der Waals surface area contributed by atoms with Gasteiger partial charge in [-0.1, -0.05) is 60.5 Å². The molecule has 0 radical (unpaired) electrons. The summed E-state index contributed by atoms with van der Waals surface area (Å²) in [5, 5.41) is 5.85. The fourth-order valence-corrected chi connectivity index (χ4v) is 5.39. The fourth-order valence-electron chi connectivity index (χ4n) is 3.93. The molecule has 146 valence electrons. The number of hydrazone groups is 1. The minimum atomic E-state index is -4.11. The largest absolute Gasteiger partial charge is 0.352 e. The van der Waals surface area contributed by atoms with E-state index >= 15 is 0 Å². The van der Waals surface area contributed by atoms with Gasteiger partial charge in [-0.3, -0.25) is 0 Å². The molecule has 1 N–H and O–H groups in total. The minimum Gasteiger partial charge on any atom is -0.245 e. The van der Waals surface area contributed by atoms with E-state index in [-0.39, 0.29) is 21.9 Å². The number of carbonyl (C=O) groups is 1. The molecule has 2 aliphatic rings. The third-order valence-corrected chi connectivity index (χ3v) is 7.02. The van der Waals surface area contributed by atoms with Gasteiger partial charge in [-0.15, -0.1) is 0 Å². The molecule has 2 atom stereocenters. The van der Waals surface area contributed by atoms with Gasteiger partial charge >= 0.3 is 6.03 Å². The predicted octanol–water partition coefficient (Wildman–Crippen LogP) is 4.34. The Hall–Kier alpha value is -2.38. The molecule has 1 heterocycles. The van der Waals surface area contributed by atoms with Crippen LogP contribution in [0.3, 0.4) is 0 Å². The number of halogens is 1. The van der Waals surface area contributed by atoms with Gasteiger partial charge < -0.3 is 0 Å². The summed E-state index contributed by atoms with van der Waals surface area (Å²) in [5.41, 5.74) is 1.91. The number of nitrogens with one attached hydrogen (secondary N) is 1. The standard InChI is InChI=1S/C20H20ClN3O3S/c21-16-11-5-7-13-18(16)28(26,27)23-20(25)24-19(14-8-2-1-3-9-14)15-10-4-6-12-17(15)22-24/h1-3,5,7-9,11,13,15,19H,4,6,10,12H2,(H,23,25). The van der Waals surface area contributed by atoms with E-state index in [1.807, 2.05) is 30.3 Å². The highest BCUT2D eigenvalue weighted by Crippen LogP contribution is 2.42. The topological polar surface area (TPSA) is 78.8 Å². The van der Waals surface area contributed by atoms with E-state index in [9.17, 15) is 13.2 Å². The lowest BCUT2D eigenvalue weighted by Crippen LogP contribution is -2.41. The molecule has 1 aliphatic heterocycles. The number of carbonyl (C=O) groups excluding carboxylic acids is 1. The van der Waals surface area contributed by atoms with Crippen LogP contribution in [0, 0.1) is 5.92 Å².